The summed E-state index contributed by atoms with van der Waals surface area (Å²) in [6.45, 7) is 6.14. The van der Waals surface area contributed by atoms with Gasteiger partial charge in [-0.3, -0.25) is 4.79 Å². The topological polar surface area (TPSA) is 121 Å². The Balaban J connectivity index is 2.02. The van der Waals surface area contributed by atoms with Gasteiger partial charge in [0.2, 0.25) is 0 Å². The first-order valence-electron chi connectivity index (χ1n) is 8.70. The Bertz CT molecular complexity index is 1000. The Kier molecular flexibility index (Phi) is 7.02. The van der Waals surface area contributed by atoms with E-state index < -0.39 is 24.5 Å². The quantitative estimate of drug-likeness (QED) is 0.693. The molecule has 0 spiro atoms. The van der Waals surface area contributed by atoms with Crippen LogP contribution in [0, 0.1) is 25.2 Å². The fourth-order valence-electron chi connectivity index (χ4n) is 2.62. The number of hydrogen-bond acceptors (Lipinski definition) is 6. The average Bonchev–Trinajstić information content (AvgIpc) is 2.93. The molecule has 0 bridgehead atoms. The van der Waals surface area contributed by atoms with E-state index >= 15 is 0 Å². The monoisotopic (exact) mass is 417 g/mol. The van der Waals surface area contributed by atoms with Crippen molar-refractivity contribution in [2.75, 3.05) is 11.9 Å². The Hall–Kier alpha value is -3.31. The molecule has 152 valence electrons. The number of esters is 2. The molecule has 1 amide bonds. The largest absolute Gasteiger partial charge is 0.459 e. The van der Waals surface area contributed by atoms with Gasteiger partial charge in [-0.05, 0) is 51.5 Å². The number of benzene rings is 1. The number of H-pyrrole nitrogens is 1. The van der Waals surface area contributed by atoms with Crippen LogP contribution in [0.15, 0.2) is 18.2 Å². The number of halogens is 1. The lowest BCUT2D eigenvalue weighted by molar-refractivity contribution is -0.119. The molecule has 0 saturated heterocycles. The zero-order valence-corrected chi connectivity index (χ0v) is 17.1. The van der Waals surface area contributed by atoms with E-state index in [1.54, 1.807) is 27.7 Å². The lowest BCUT2D eigenvalue weighted by Crippen LogP contribution is -2.21. The molecule has 9 heteroatoms. The zero-order valence-electron chi connectivity index (χ0n) is 16.4. The highest BCUT2D eigenvalue weighted by molar-refractivity contribution is 6.32. The van der Waals surface area contributed by atoms with E-state index in [9.17, 15) is 14.4 Å². The van der Waals surface area contributed by atoms with Gasteiger partial charge >= 0.3 is 11.9 Å². The van der Waals surface area contributed by atoms with E-state index in [0.717, 1.165) is 0 Å². The number of nitrogens with zero attached hydrogens (tertiary/aromatic N) is 1. The fourth-order valence-corrected chi connectivity index (χ4v) is 2.84. The second kappa shape index (κ2) is 9.26. The average molecular weight is 418 g/mol. The van der Waals surface area contributed by atoms with Gasteiger partial charge in [0.25, 0.3) is 5.91 Å². The number of aryl methyl sites for hydroxylation is 1. The highest BCUT2D eigenvalue weighted by atomic mass is 35.5. The van der Waals surface area contributed by atoms with E-state index in [-0.39, 0.29) is 27.9 Å². The van der Waals surface area contributed by atoms with Crippen LogP contribution in [0.2, 0.25) is 5.02 Å². The number of aromatic amines is 1. The Morgan fingerprint density at radius 2 is 1.93 bits per heavy atom. The number of hydrogen-bond donors (Lipinski definition) is 2. The predicted molar refractivity (Wildman–Crippen MR) is 106 cm³/mol. The molecule has 0 radical (unpaired) electrons. The van der Waals surface area contributed by atoms with Crippen LogP contribution in [0.3, 0.4) is 0 Å². The van der Waals surface area contributed by atoms with Gasteiger partial charge in [-0.25, -0.2) is 9.59 Å². The van der Waals surface area contributed by atoms with Crippen LogP contribution in [0.25, 0.3) is 0 Å². The summed E-state index contributed by atoms with van der Waals surface area (Å²) in [5.74, 6) is -1.90. The van der Waals surface area contributed by atoms with Crippen molar-refractivity contribution < 1.29 is 23.9 Å². The van der Waals surface area contributed by atoms with Crippen LogP contribution < -0.4 is 5.32 Å². The maximum Gasteiger partial charge on any atom is 0.355 e. The van der Waals surface area contributed by atoms with Crippen LogP contribution in [-0.2, 0) is 14.3 Å². The third kappa shape index (κ3) is 5.36. The first-order valence-corrected chi connectivity index (χ1v) is 9.08. The van der Waals surface area contributed by atoms with Crippen molar-refractivity contribution in [3.8, 4) is 6.07 Å². The van der Waals surface area contributed by atoms with Crippen molar-refractivity contribution >= 4 is 35.1 Å². The molecule has 8 nitrogen and oxygen atoms in total. The van der Waals surface area contributed by atoms with E-state index in [0.29, 0.717) is 16.9 Å². The van der Waals surface area contributed by atoms with Gasteiger partial charge in [-0.1, -0.05) is 11.6 Å². The second-order valence-corrected chi connectivity index (χ2v) is 6.92. The zero-order chi connectivity index (χ0) is 21.7. The number of anilines is 1. The van der Waals surface area contributed by atoms with Gasteiger partial charge < -0.3 is 19.8 Å². The van der Waals surface area contributed by atoms with E-state index in [4.69, 9.17) is 26.3 Å². The minimum absolute atomic E-state index is 0.0763. The van der Waals surface area contributed by atoms with Crippen molar-refractivity contribution in [3.05, 3.63) is 51.3 Å². The van der Waals surface area contributed by atoms with Crippen LogP contribution in [0.5, 0.6) is 0 Å². The number of carbonyl (C=O) groups is 3. The molecule has 1 aromatic carbocycles. The summed E-state index contributed by atoms with van der Waals surface area (Å²) < 4.78 is 10.2. The van der Waals surface area contributed by atoms with Crippen molar-refractivity contribution in [3.63, 3.8) is 0 Å². The third-order valence-electron chi connectivity index (χ3n) is 3.90. The van der Waals surface area contributed by atoms with E-state index in [2.05, 4.69) is 10.3 Å². The van der Waals surface area contributed by atoms with Gasteiger partial charge in [-0.15, -0.1) is 0 Å². The molecule has 0 aliphatic rings. The summed E-state index contributed by atoms with van der Waals surface area (Å²) in [7, 11) is 0. The SMILES string of the molecule is Cc1[nH]c(C(=O)OCC(=O)Nc2ccc(C#N)c(Cl)c2)c(C)c1C(=O)OC(C)C. The highest BCUT2D eigenvalue weighted by Gasteiger charge is 2.24. The molecule has 0 unspecified atom stereocenters. The van der Waals surface area contributed by atoms with Crippen LogP contribution >= 0.6 is 11.6 Å². The van der Waals surface area contributed by atoms with Crippen molar-refractivity contribution in [2.45, 2.75) is 33.8 Å². The molecule has 29 heavy (non-hydrogen) atoms. The van der Waals surface area contributed by atoms with Gasteiger partial charge in [0, 0.05) is 11.4 Å². The number of ether oxygens (including phenoxy) is 2. The maximum atomic E-state index is 12.3. The van der Waals surface area contributed by atoms with E-state index in [1.807, 2.05) is 6.07 Å². The van der Waals surface area contributed by atoms with Gasteiger partial charge in [0.1, 0.15) is 11.8 Å². The summed E-state index contributed by atoms with van der Waals surface area (Å²) in [6.07, 6.45) is -0.300. The predicted octanol–water partition coefficient (Wildman–Crippen LogP) is 3.52. The molecule has 1 aromatic heterocycles. The lowest BCUT2D eigenvalue weighted by atomic mass is 10.1. The van der Waals surface area contributed by atoms with Crippen molar-refractivity contribution in [1.29, 1.82) is 5.26 Å². The Morgan fingerprint density at radius 3 is 2.52 bits per heavy atom. The van der Waals surface area contributed by atoms with Crippen molar-refractivity contribution in [2.24, 2.45) is 0 Å². The molecule has 0 aliphatic carbocycles. The first-order chi connectivity index (χ1) is 13.6. The highest BCUT2D eigenvalue weighted by Crippen LogP contribution is 2.21. The minimum Gasteiger partial charge on any atom is -0.459 e. The molecule has 0 fully saturated rings. The fraction of sp³-hybridized carbons (Fsp3) is 0.300. The second-order valence-electron chi connectivity index (χ2n) is 6.51. The number of nitriles is 1. The lowest BCUT2D eigenvalue weighted by Gasteiger charge is -2.08. The number of aromatic nitrogens is 1. The van der Waals surface area contributed by atoms with Gasteiger partial charge in [0.15, 0.2) is 6.61 Å². The number of nitrogens with one attached hydrogen (secondary N) is 2. The summed E-state index contributed by atoms with van der Waals surface area (Å²) >= 11 is 5.91. The van der Waals surface area contributed by atoms with Gasteiger partial charge in [-0.2, -0.15) is 5.26 Å². The van der Waals surface area contributed by atoms with Crippen LogP contribution in [-0.4, -0.2) is 35.5 Å². The summed E-state index contributed by atoms with van der Waals surface area (Å²) in [4.78, 5) is 39.3. The van der Waals surface area contributed by atoms with E-state index in [1.165, 1.54) is 18.2 Å². The summed E-state index contributed by atoms with van der Waals surface area (Å²) in [5.41, 5.74) is 1.84. The van der Waals surface area contributed by atoms with Crippen LogP contribution in [0.4, 0.5) is 5.69 Å². The van der Waals surface area contributed by atoms with Crippen molar-refractivity contribution in [1.82, 2.24) is 4.98 Å². The molecular formula is C20H20ClN3O5. The molecule has 2 rings (SSSR count). The molecule has 2 N–H and O–H groups in total. The number of carbonyl (C=O) groups excluding carboxylic acids is 3. The molecule has 0 saturated carbocycles. The molecule has 0 aliphatic heterocycles. The van der Waals surface area contributed by atoms with Gasteiger partial charge in [0.05, 0.1) is 22.3 Å². The standard InChI is InChI=1S/C20H20ClN3O5/c1-10(2)29-19(26)17-11(3)18(23-12(17)4)20(27)28-9-16(25)24-14-6-5-13(8-22)15(21)7-14/h5-7,10,23H,9H2,1-4H3,(H,24,25). The van der Waals surface area contributed by atoms with Crippen LogP contribution in [0.1, 0.15) is 51.5 Å². The number of amides is 1. The minimum atomic E-state index is -0.776. The normalized spacial score (nSPS) is 10.4. The molecule has 0 atom stereocenters. The maximum absolute atomic E-state index is 12.3. The molecule has 1 heterocycles. The summed E-state index contributed by atoms with van der Waals surface area (Å²) in [5, 5.41) is 11.6. The molecule has 2 aromatic rings. The third-order valence-corrected chi connectivity index (χ3v) is 4.21. The smallest absolute Gasteiger partial charge is 0.355 e. The molecular weight excluding hydrogens is 398 g/mol. The number of rotatable bonds is 6. The Labute approximate surface area is 172 Å². The first kappa shape index (κ1) is 22.0. The summed E-state index contributed by atoms with van der Waals surface area (Å²) in [6, 6.07) is 6.31. The Morgan fingerprint density at radius 1 is 1.24 bits per heavy atom.